The normalized spacial score (nSPS) is 11.9. The summed E-state index contributed by atoms with van der Waals surface area (Å²) in [4.78, 5) is 12.1. The number of carbonyl (C=O) groups is 1. The van der Waals surface area contributed by atoms with Crippen LogP contribution in [0.1, 0.15) is 22.0 Å². The molecule has 0 fully saturated rings. The third-order valence-electron chi connectivity index (χ3n) is 2.81. The summed E-state index contributed by atoms with van der Waals surface area (Å²) in [6, 6.07) is 12.6. The maximum Gasteiger partial charge on any atom is 0.198 e. The van der Waals surface area contributed by atoms with Crippen LogP contribution in [0.2, 0.25) is 0 Å². The predicted molar refractivity (Wildman–Crippen MR) is 68.7 cm³/mol. The third kappa shape index (κ3) is 2.63. The first kappa shape index (κ1) is 13.2. The molecule has 0 aliphatic rings. The number of methoxy groups -OCH3 is 1. The molecule has 2 aromatic carbocycles. The predicted octanol–water partition coefficient (Wildman–Crippen LogP) is 2.75. The van der Waals surface area contributed by atoms with Gasteiger partial charge in [0.1, 0.15) is 6.10 Å². The number of hydrogen-bond donors (Lipinski definition) is 1. The van der Waals surface area contributed by atoms with E-state index in [1.54, 1.807) is 30.3 Å². The number of Topliss-reactive ketones (excluding diaryl/α,β-unsaturated/α-hetero) is 1. The van der Waals surface area contributed by atoms with Crippen LogP contribution < -0.4 is 4.74 Å². The van der Waals surface area contributed by atoms with Gasteiger partial charge in [-0.05, 0) is 17.7 Å². The van der Waals surface area contributed by atoms with Crippen molar-refractivity contribution in [2.75, 3.05) is 7.11 Å². The molecule has 0 saturated heterocycles. The second-order valence-electron chi connectivity index (χ2n) is 4.00. The molecule has 98 valence electrons. The summed E-state index contributed by atoms with van der Waals surface area (Å²) in [7, 11) is 1.32. The lowest BCUT2D eigenvalue weighted by Crippen LogP contribution is -2.14. The highest BCUT2D eigenvalue weighted by atomic mass is 19.1. The Hall–Kier alpha value is -2.20. The zero-order chi connectivity index (χ0) is 13.8. The monoisotopic (exact) mass is 260 g/mol. The van der Waals surface area contributed by atoms with Crippen molar-refractivity contribution in [2.24, 2.45) is 0 Å². The fourth-order valence-electron chi connectivity index (χ4n) is 1.79. The zero-order valence-corrected chi connectivity index (χ0v) is 10.3. The quantitative estimate of drug-likeness (QED) is 0.860. The molecule has 1 unspecified atom stereocenters. The minimum Gasteiger partial charge on any atom is -0.494 e. The average Bonchev–Trinajstić information content (AvgIpc) is 2.47. The minimum absolute atomic E-state index is 0.0221. The molecule has 2 rings (SSSR count). The van der Waals surface area contributed by atoms with Crippen LogP contribution in [0.5, 0.6) is 5.75 Å². The molecular formula is C15H13FO3. The Bertz CT molecular complexity index is 581. The van der Waals surface area contributed by atoms with E-state index >= 15 is 0 Å². The van der Waals surface area contributed by atoms with Gasteiger partial charge in [-0.1, -0.05) is 36.4 Å². The molecule has 0 amide bonds. The molecule has 2 aromatic rings. The highest BCUT2D eigenvalue weighted by Crippen LogP contribution is 2.25. The van der Waals surface area contributed by atoms with Crippen molar-refractivity contribution < 1.29 is 19.0 Å². The van der Waals surface area contributed by atoms with Gasteiger partial charge >= 0.3 is 0 Å². The Kier molecular flexibility index (Phi) is 3.92. The maximum absolute atomic E-state index is 13.9. The van der Waals surface area contributed by atoms with E-state index in [-0.39, 0.29) is 11.3 Å². The Morgan fingerprint density at radius 1 is 1.16 bits per heavy atom. The standard InChI is InChI=1S/C15H13FO3/c1-19-12-9-5-8-11(13(12)16)15(18)14(17)10-6-3-2-4-7-10/h2-9,14,17H,1H3. The van der Waals surface area contributed by atoms with Crippen LogP contribution >= 0.6 is 0 Å². The van der Waals surface area contributed by atoms with Crippen molar-refractivity contribution in [2.45, 2.75) is 6.10 Å². The van der Waals surface area contributed by atoms with Gasteiger partial charge in [-0.3, -0.25) is 4.79 Å². The Morgan fingerprint density at radius 2 is 1.84 bits per heavy atom. The van der Waals surface area contributed by atoms with Gasteiger partial charge in [-0.2, -0.15) is 0 Å². The number of ether oxygens (including phenoxy) is 1. The molecular weight excluding hydrogens is 247 g/mol. The number of carbonyl (C=O) groups excluding carboxylic acids is 1. The zero-order valence-electron chi connectivity index (χ0n) is 10.3. The summed E-state index contributed by atoms with van der Waals surface area (Å²) in [5.74, 6) is -1.47. The molecule has 0 aliphatic heterocycles. The maximum atomic E-state index is 13.9. The second-order valence-corrected chi connectivity index (χ2v) is 4.00. The molecule has 0 spiro atoms. The summed E-state index contributed by atoms with van der Waals surface area (Å²) in [6.45, 7) is 0. The topological polar surface area (TPSA) is 46.5 Å². The van der Waals surface area contributed by atoms with Crippen molar-refractivity contribution in [1.82, 2.24) is 0 Å². The lowest BCUT2D eigenvalue weighted by atomic mass is 9.99. The van der Waals surface area contributed by atoms with Crippen LogP contribution in [0.25, 0.3) is 0 Å². The van der Waals surface area contributed by atoms with E-state index in [4.69, 9.17) is 4.74 Å². The van der Waals surface area contributed by atoms with Gasteiger partial charge in [0, 0.05) is 0 Å². The Balaban J connectivity index is 2.35. The van der Waals surface area contributed by atoms with E-state index < -0.39 is 17.7 Å². The van der Waals surface area contributed by atoms with Crippen molar-refractivity contribution in [3.8, 4) is 5.75 Å². The lowest BCUT2D eigenvalue weighted by molar-refractivity contribution is 0.0742. The molecule has 1 N–H and O–H groups in total. The van der Waals surface area contributed by atoms with Crippen molar-refractivity contribution in [3.63, 3.8) is 0 Å². The van der Waals surface area contributed by atoms with E-state index in [0.717, 1.165) is 0 Å². The molecule has 0 saturated carbocycles. The van der Waals surface area contributed by atoms with Crippen LogP contribution in [0.4, 0.5) is 4.39 Å². The van der Waals surface area contributed by atoms with E-state index in [1.807, 2.05) is 0 Å². The first-order chi connectivity index (χ1) is 9.15. The van der Waals surface area contributed by atoms with Gasteiger partial charge < -0.3 is 9.84 Å². The van der Waals surface area contributed by atoms with E-state index in [1.165, 1.54) is 25.3 Å². The fourth-order valence-corrected chi connectivity index (χ4v) is 1.79. The third-order valence-corrected chi connectivity index (χ3v) is 2.81. The highest BCUT2D eigenvalue weighted by molar-refractivity contribution is 6.00. The van der Waals surface area contributed by atoms with Crippen molar-refractivity contribution >= 4 is 5.78 Å². The molecule has 0 aromatic heterocycles. The Morgan fingerprint density at radius 3 is 2.47 bits per heavy atom. The second kappa shape index (κ2) is 5.63. The molecule has 3 nitrogen and oxygen atoms in total. The largest absolute Gasteiger partial charge is 0.494 e. The van der Waals surface area contributed by atoms with Crippen LogP contribution in [-0.4, -0.2) is 18.0 Å². The molecule has 19 heavy (non-hydrogen) atoms. The fraction of sp³-hybridized carbons (Fsp3) is 0.133. The van der Waals surface area contributed by atoms with Crippen molar-refractivity contribution in [3.05, 3.63) is 65.5 Å². The summed E-state index contributed by atoms with van der Waals surface area (Å²) in [5.41, 5.74) is 0.241. The number of rotatable bonds is 4. The number of ketones is 1. The highest BCUT2D eigenvalue weighted by Gasteiger charge is 2.23. The van der Waals surface area contributed by atoms with Gasteiger partial charge in [0.25, 0.3) is 0 Å². The molecule has 4 heteroatoms. The van der Waals surface area contributed by atoms with Crippen LogP contribution in [0, 0.1) is 5.82 Å². The smallest absolute Gasteiger partial charge is 0.198 e. The summed E-state index contributed by atoms with van der Waals surface area (Å²) < 4.78 is 18.8. The molecule has 1 atom stereocenters. The number of aliphatic hydroxyl groups is 1. The number of hydrogen-bond acceptors (Lipinski definition) is 3. The van der Waals surface area contributed by atoms with Gasteiger partial charge in [0.2, 0.25) is 0 Å². The molecule has 0 bridgehead atoms. The Labute approximate surface area is 110 Å². The summed E-state index contributed by atoms with van der Waals surface area (Å²) in [5, 5.41) is 9.97. The van der Waals surface area contributed by atoms with E-state index in [2.05, 4.69) is 0 Å². The number of aliphatic hydroxyl groups excluding tert-OH is 1. The summed E-state index contributed by atoms with van der Waals surface area (Å²) in [6.07, 6.45) is -1.39. The summed E-state index contributed by atoms with van der Waals surface area (Å²) >= 11 is 0. The van der Waals surface area contributed by atoms with Gasteiger partial charge in [0.05, 0.1) is 12.7 Å². The first-order valence-electron chi connectivity index (χ1n) is 5.75. The molecule has 0 radical (unpaired) electrons. The molecule has 0 aliphatic carbocycles. The van der Waals surface area contributed by atoms with E-state index in [9.17, 15) is 14.3 Å². The minimum atomic E-state index is -1.39. The number of halogens is 1. The first-order valence-corrected chi connectivity index (χ1v) is 5.75. The van der Waals surface area contributed by atoms with Crippen LogP contribution in [0.3, 0.4) is 0 Å². The number of benzene rings is 2. The SMILES string of the molecule is COc1cccc(C(=O)C(O)c2ccccc2)c1F. The van der Waals surface area contributed by atoms with E-state index in [0.29, 0.717) is 5.56 Å². The lowest BCUT2D eigenvalue weighted by Gasteiger charge is -2.11. The average molecular weight is 260 g/mol. The van der Waals surface area contributed by atoms with Gasteiger partial charge in [0.15, 0.2) is 17.3 Å². The van der Waals surface area contributed by atoms with Crippen molar-refractivity contribution in [1.29, 1.82) is 0 Å². The van der Waals surface area contributed by atoms with Gasteiger partial charge in [-0.15, -0.1) is 0 Å². The molecule has 0 heterocycles. The van der Waals surface area contributed by atoms with Crippen LogP contribution in [0.15, 0.2) is 48.5 Å². The van der Waals surface area contributed by atoms with Gasteiger partial charge in [-0.25, -0.2) is 4.39 Å². The van der Waals surface area contributed by atoms with Crippen LogP contribution in [-0.2, 0) is 0 Å².